The number of carbonyl (C=O) groups is 2. The minimum absolute atomic E-state index is 0.115. The molecule has 8 nitrogen and oxygen atoms in total. The zero-order valence-electron chi connectivity index (χ0n) is 18.9. The third-order valence-electron chi connectivity index (χ3n) is 8.45. The number of hydrogen-bond donors (Lipinski definition) is 2. The second kappa shape index (κ2) is 6.71. The van der Waals surface area contributed by atoms with E-state index in [4.69, 9.17) is 9.47 Å². The molecule has 4 aliphatic rings. The number of methoxy groups -OCH3 is 1. The number of esters is 1. The molecule has 0 aromatic heterocycles. The summed E-state index contributed by atoms with van der Waals surface area (Å²) >= 11 is 0. The number of ether oxygens (including phenoxy) is 2. The van der Waals surface area contributed by atoms with Gasteiger partial charge in [0.2, 0.25) is 5.60 Å². The van der Waals surface area contributed by atoms with E-state index in [-0.39, 0.29) is 6.04 Å². The second-order valence-electron chi connectivity index (χ2n) is 9.57. The minimum atomic E-state index is -2.31. The van der Waals surface area contributed by atoms with Gasteiger partial charge >= 0.3 is 11.9 Å². The van der Waals surface area contributed by atoms with Gasteiger partial charge in [-0.05, 0) is 31.0 Å². The Labute approximate surface area is 187 Å². The van der Waals surface area contributed by atoms with Crippen molar-refractivity contribution in [2.45, 2.75) is 55.9 Å². The third kappa shape index (κ3) is 2.24. The fourth-order valence-electron chi connectivity index (χ4n) is 7.52. The summed E-state index contributed by atoms with van der Waals surface area (Å²) in [4.78, 5) is 29.3. The topological polar surface area (TPSA) is 99.5 Å². The van der Waals surface area contributed by atoms with Crippen LogP contribution in [-0.4, -0.2) is 78.1 Å². The van der Waals surface area contributed by atoms with Crippen LogP contribution in [0.1, 0.15) is 32.3 Å². The lowest BCUT2D eigenvalue weighted by Crippen LogP contribution is -2.81. The summed E-state index contributed by atoms with van der Waals surface area (Å²) in [6.07, 6.45) is 4.03. The van der Waals surface area contributed by atoms with Crippen LogP contribution in [0.3, 0.4) is 0 Å². The van der Waals surface area contributed by atoms with Gasteiger partial charge in [0.05, 0.1) is 13.2 Å². The van der Waals surface area contributed by atoms with Crippen LogP contribution in [0.5, 0.6) is 5.75 Å². The molecule has 0 bridgehead atoms. The monoisotopic (exact) mass is 442 g/mol. The van der Waals surface area contributed by atoms with Gasteiger partial charge in [0.25, 0.3) is 0 Å². The van der Waals surface area contributed by atoms with E-state index >= 15 is 0 Å². The first kappa shape index (κ1) is 21.3. The van der Waals surface area contributed by atoms with E-state index in [0.29, 0.717) is 18.6 Å². The van der Waals surface area contributed by atoms with Crippen LogP contribution in [0.4, 0.5) is 5.69 Å². The average molecular weight is 443 g/mol. The average Bonchev–Trinajstić information content (AvgIpc) is 3.28. The van der Waals surface area contributed by atoms with Crippen LogP contribution >= 0.6 is 0 Å². The van der Waals surface area contributed by atoms with E-state index in [1.165, 1.54) is 6.92 Å². The van der Waals surface area contributed by atoms with E-state index in [1.807, 2.05) is 49.2 Å². The third-order valence-corrected chi connectivity index (χ3v) is 8.45. The van der Waals surface area contributed by atoms with Gasteiger partial charge in [-0.15, -0.1) is 0 Å². The van der Waals surface area contributed by atoms with Crippen LogP contribution in [0.25, 0.3) is 0 Å². The highest BCUT2D eigenvalue weighted by molar-refractivity contribution is 5.85. The number of likely N-dealkylation sites (N-methyl/N-ethyl adjacent to an activating group) is 1. The molecule has 1 saturated heterocycles. The fraction of sp³-hybridized carbons (Fsp3) is 0.583. The van der Waals surface area contributed by atoms with Gasteiger partial charge in [-0.25, -0.2) is 4.79 Å². The molecular weight excluding hydrogens is 412 g/mol. The molecule has 5 rings (SSSR count). The Morgan fingerprint density at radius 2 is 2.03 bits per heavy atom. The molecule has 172 valence electrons. The number of aliphatic carboxylic acids is 1. The molecule has 1 aromatic rings. The first-order chi connectivity index (χ1) is 15.2. The van der Waals surface area contributed by atoms with E-state index < -0.39 is 40.5 Å². The van der Waals surface area contributed by atoms with Crippen molar-refractivity contribution in [3.8, 4) is 5.75 Å². The molecule has 0 radical (unpaired) electrons. The van der Waals surface area contributed by atoms with Gasteiger partial charge < -0.3 is 24.6 Å². The lowest BCUT2D eigenvalue weighted by Gasteiger charge is -2.63. The molecule has 1 aromatic carbocycles. The zero-order valence-corrected chi connectivity index (χ0v) is 18.9. The first-order valence-electron chi connectivity index (χ1n) is 11.1. The van der Waals surface area contributed by atoms with Gasteiger partial charge in [-0.1, -0.05) is 25.1 Å². The van der Waals surface area contributed by atoms with Crippen molar-refractivity contribution >= 4 is 17.6 Å². The number of nitrogens with zero attached hydrogens (tertiary/aromatic N) is 2. The van der Waals surface area contributed by atoms with E-state index in [2.05, 4.69) is 4.90 Å². The molecule has 1 unspecified atom stereocenters. The summed E-state index contributed by atoms with van der Waals surface area (Å²) in [5, 5.41) is 22.7. The Hall–Kier alpha value is -2.58. The lowest BCUT2D eigenvalue weighted by molar-refractivity contribution is -0.226. The number of carboxylic acids is 1. The Bertz CT molecular complexity index is 1030. The molecule has 32 heavy (non-hydrogen) atoms. The molecular formula is C24H30N2O6. The van der Waals surface area contributed by atoms with Crippen molar-refractivity contribution in [1.29, 1.82) is 0 Å². The Morgan fingerprint density at radius 1 is 1.28 bits per heavy atom. The molecule has 0 amide bonds. The maximum atomic E-state index is 12.9. The summed E-state index contributed by atoms with van der Waals surface area (Å²) in [6.45, 7) is 4.76. The summed E-state index contributed by atoms with van der Waals surface area (Å²) in [7, 11) is 3.41. The molecule has 2 N–H and O–H groups in total. The van der Waals surface area contributed by atoms with Crippen LogP contribution in [0, 0.1) is 5.41 Å². The summed E-state index contributed by atoms with van der Waals surface area (Å²) < 4.78 is 11.2. The number of carboxylic acid groups (broad SMARTS) is 1. The van der Waals surface area contributed by atoms with Crippen molar-refractivity contribution in [2.24, 2.45) is 5.41 Å². The van der Waals surface area contributed by atoms with Gasteiger partial charge in [-0.2, -0.15) is 0 Å². The summed E-state index contributed by atoms with van der Waals surface area (Å²) in [5.74, 6) is -1.30. The number of hydrogen-bond acceptors (Lipinski definition) is 7. The molecule has 1 aliphatic carbocycles. The molecule has 1 spiro atoms. The van der Waals surface area contributed by atoms with Crippen molar-refractivity contribution < 1.29 is 29.3 Å². The molecule has 2 fully saturated rings. The van der Waals surface area contributed by atoms with Gasteiger partial charge in [0.1, 0.15) is 5.75 Å². The Morgan fingerprint density at radius 3 is 2.66 bits per heavy atom. The minimum Gasteiger partial charge on any atom is -0.497 e. The second-order valence-corrected chi connectivity index (χ2v) is 9.57. The molecule has 1 saturated carbocycles. The van der Waals surface area contributed by atoms with Crippen molar-refractivity contribution in [1.82, 2.24) is 4.90 Å². The van der Waals surface area contributed by atoms with Crippen LogP contribution in [0.15, 0.2) is 30.4 Å². The molecule has 3 aliphatic heterocycles. The highest BCUT2D eigenvalue weighted by Gasteiger charge is 2.80. The number of fused-ring (bicyclic) bond motifs is 1. The smallest absolute Gasteiger partial charge is 0.341 e. The number of rotatable bonds is 4. The zero-order chi connectivity index (χ0) is 23.1. The predicted molar refractivity (Wildman–Crippen MR) is 117 cm³/mol. The fourth-order valence-corrected chi connectivity index (χ4v) is 7.52. The summed E-state index contributed by atoms with van der Waals surface area (Å²) in [6, 6.07) is 4.90. The van der Waals surface area contributed by atoms with E-state index in [0.717, 1.165) is 24.3 Å². The van der Waals surface area contributed by atoms with Crippen molar-refractivity contribution in [3.63, 3.8) is 0 Å². The predicted octanol–water partition coefficient (Wildman–Crippen LogP) is 1.55. The van der Waals surface area contributed by atoms with Gasteiger partial charge in [0.15, 0.2) is 6.10 Å². The molecule has 8 heteroatoms. The van der Waals surface area contributed by atoms with Crippen LogP contribution in [-0.2, 0) is 19.7 Å². The Balaban J connectivity index is 1.86. The largest absolute Gasteiger partial charge is 0.497 e. The lowest BCUT2D eigenvalue weighted by atomic mass is 9.48. The maximum Gasteiger partial charge on any atom is 0.341 e. The van der Waals surface area contributed by atoms with E-state index in [9.17, 15) is 19.8 Å². The molecule has 6 atom stereocenters. The van der Waals surface area contributed by atoms with Crippen molar-refractivity contribution in [2.75, 3.05) is 32.1 Å². The first-order valence-corrected chi connectivity index (χ1v) is 11.1. The maximum absolute atomic E-state index is 12.9. The van der Waals surface area contributed by atoms with Gasteiger partial charge in [0, 0.05) is 49.1 Å². The number of benzene rings is 1. The summed E-state index contributed by atoms with van der Waals surface area (Å²) in [5.41, 5.74) is -1.92. The highest BCUT2D eigenvalue weighted by atomic mass is 16.6. The van der Waals surface area contributed by atoms with Crippen LogP contribution < -0.4 is 9.64 Å². The number of anilines is 1. The van der Waals surface area contributed by atoms with Crippen LogP contribution in [0.2, 0.25) is 0 Å². The molecule has 3 heterocycles. The number of carbonyl (C=O) groups excluding carboxylic acids is 1. The standard InChI is InChI=1S/C24H30N2O6/c1-5-22-9-6-11-26-12-10-23(18(22)26)16-8-7-15(31-4)13-17(16)25(3)19(23)24(30,21(28)29)20(22)32-14(2)27/h6-9,13,18-20,30H,5,10-12H2,1-4H3,(H,28,29)/t18-,19+,20+,22+,23?,24+/m0/s1. The van der Waals surface area contributed by atoms with Crippen molar-refractivity contribution in [3.05, 3.63) is 35.9 Å². The number of aliphatic hydroxyl groups is 1. The van der Waals surface area contributed by atoms with Gasteiger partial charge in [-0.3, -0.25) is 9.69 Å². The van der Waals surface area contributed by atoms with E-state index in [1.54, 1.807) is 7.11 Å². The Kier molecular flexibility index (Phi) is 4.46. The highest BCUT2D eigenvalue weighted by Crippen LogP contribution is 2.67. The SMILES string of the molecule is CC[C@]12C=CCN3CCC4(c5ccc(OC)cc5N(C)[C@H]4[C@](O)(C(=O)O)[C@@H]1OC(C)=O)[C@@H]32. The quantitative estimate of drug-likeness (QED) is 0.535. The normalized spacial score (nSPS) is 39.3.